The standard InChI is InChI=1S/C67H69BN2O/c1-62(2,3)39-25-27-53(43(31-39)38-21-17-16-18-22-38)69-58-49-36-51-52(66(12,13)30-29-65(51,10)11)37-50(49)67(14,15)61(58)68-56-45(35-48-42-23-19-20-24-55(42)71-60(48)59(56)69)47-34-41(64(7,8)9)33-46-44-32-40(63(4,5)6)26-28-54(44)70(68)57(46)47/h16-28,31-37H,29-30H2,1-15H3. The van der Waals surface area contributed by atoms with Gasteiger partial charge < -0.3 is 13.8 Å². The van der Waals surface area contributed by atoms with Gasteiger partial charge in [0.05, 0.1) is 11.4 Å². The number of hydrogen-bond acceptors (Lipinski definition) is 2. The lowest BCUT2D eigenvalue weighted by Crippen LogP contribution is -2.52. The molecule has 4 heterocycles. The number of aromatic nitrogens is 1. The van der Waals surface area contributed by atoms with E-state index in [0.717, 1.165) is 34.0 Å². The fourth-order valence-electron chi connectivity index (χ4n) is 13.6. The van der Waals surface area contributed by atoms with Crippen LogP contribution in [0.2, 0.25) is 0 Å². The molecule has 13 rings (SSSR count). The average Bonchev–Trinajstić information content (AvgIpc) is 3.93. The maximum absolute atomic E-state index is 7.43. The quantitative estimate of drug-likeness (QED) is 0.161. The Hall–Kier alpha value is -6.26. The molecule has 0 amide bonds. The molecule has 0 unspecified atom stereocenters. The van der Waals surface area contributed by atoms with Crippen LogP contribution >= 0.6 is 0 Å². The van der Waals surface area contributed by atoms with Gasteiger partial charge in [-0.05, 0) is 150 Å². The van der Waals surface area contributed by atoms with Crippen LogP contribution in [-0.4, -0.2) is 11.3 Å². The summed E-state index contributed by atoms with van der Waals surface area (Å²) >= 11 is 0. The van der Waals surface area contributed by atoms with Gasteiger partial charge in [-0.25, -0.2) is 0 Å². The molecule has 0 fully saturated rings. The van der Waals surface area contributed by atoms with Crippen molar-refractivity contribution in [3.63, 3.8) is 0 Å². The Balaban J connectivity index is 1.28. The lowest BCUT2D eigenvalue weighted by atomic mass is 9.40. The predicted molar refractivity (Wildman–Crippen MR) is 305 cm³/mol. The molecular formula is C67H69BN2O. The molecule has 0 N–H and O–H groups in total. The third kappa shape index (κ3) is 6.09. The second kappa shape index (κ2) is 14.0. The van der Waals surface area contributed by atoms with E-state index in [4.69, 9.17) is 4.42 Å². The van der Waals surface area contributed by atoms with Gasteiger partial charge in [-0.3, -0.25) is 0 Å². The Morgan fingerprint density at radius 1 is 0.507 bits per heavy atom. The van der Waals surface area contributed by atoms with E-state index in [2.05, 4.69) is 235 Å². The molecule has 0 saturated carbocycles. The van der Waals surface area contributed by atoms with Crippen molar-refractivity contribution in [2.24, 2.45) is 0 Å². The van der Waals surface area contributed by atoms with E-state index in [0.29, 0.717) is 0 Å². The van der Waals surface area contributed by atoms with Crippen LogP contribution in [0, 0.1) is 0 Å². The summed E-state index contributed by atoms with van der Waals surface area (Å²) in [4.78, 5) is 2.73. The summed E-state index contributed by atoms with van der Waals surface area (Å²) < 4.78 is 10.2. The minimum Gasteiger partial charge on any atom is -0.454 e. The van der Waals surface area contributed by atoms with Crippen LogP contribution in [0.5, 0.6) is 0 Å². The molecular weight excluding hydrogens is 860 g/mol. The van der Waals surface area contributed by atoms with Gasteiger partial charge in [0.15, 0.2) is 5.58 Å². The predicted octanol–water partition coefficient (Wildman–Crippen LogP) is 17.7. The molecule has 4 heteroatoms. The van der Waals surface area contributed by atoms with Gasteiger partial charge in [-0.15, -0.1) is 0 Å². The van der Waals surface area contributed by atoms with Crippen LogP contribution in [0.1, 0.15) is 156 Å². The van der Waals surface area contributed by atoms with E-state index < -0.39 is 0 Å². The zero-order chi connectivity index (χ0) is 49.9. The SMILES string of the molecule is CC(C)(C)c1ccc(N2C3=C(B4c5c(cc6c(oc7ccccc76)c52)-c2cc(C(C)(C)C)cc5c6cc(C(C)(C)C)ccc6n4c25)C(C)(C)c2cc4c(cc23)C(C)(C)CCC4(C)C)c(-c2ccccc2)c1. The first-order valence-corrected chi connectivity index (χ1v) is 26.4. The minimum absolute atomic E-state index is 0.00921. The number of allylic oxidation sites excluding steroid dienone is 1. The molecule has 71 heavy (non-hydrogen) atoms. The summed E-state index contributed by atoms with van der Waals surface area (Å²) in [5, 5.41) is 5.00. The number of nitrogens with zero attached hydrogens (tertiary/aromatic N) is 2. The Bertz CT molecular complexity index is 3850. The zero-order valence-corrected chi connectivity index (χ0v) is 44.8. The fraction of sp³-hybridized carbons (Fsp3) is 0.343. The summed E-state index contributed by atoms with van der Waals surface area (Å²) in [6, 6.07) is 47.6. The Kier molecular flexibility index (Phi) is 8.83. The molecule has 2 aliphatic heterocycles. The van der Waals surface area contributed by atoms with Crippen LogP contribution in [-0.2, 0) is 32.5 Å². The third-order valence-electron chi connectivity index (χ3n) is 17.9. The number of furan rings is 1. The van der Waals surface area contributed by atoms with Crippen molar-refractivity contribution in [3.8, 4) is 22.3 Å². The van der Waals surface area contributed by atoms with Gasteiger partial charge in [-0.2, -0.15) is 0 Å². The highest BCUT2D eigenvalue weighted by molar-refractivity contribution is 6.86. The highest BCUT2D eigenvalue weighted by Gasteiger charge is 2.55. The van der Waals surface area contributed by atoms with Gasteiger partial charge in [0.25, 0.3) is 0 Å². The van der Waals surface area contributed by atoms with Crippen LogP contribution in [0.15, 0.2) is 131 Å². The van der Waals surface area contributed by atoms with Crippen molar-refractivity contribution < 1.29 is 4.42 Å². The van der Waals surface area contributed by atoms with Gasteiger partial charge in [0.2, 0.25) is 0 Å². The van der Waals surface area contributed by atoms with E-state index in [1.165, 1.54) is 112 Å². The molecule has 2 aromatic heterocycles. The number of hydrogen-bond donors (Lipinski definition) is 0. The van der Waals surface area contributed by atoms with Gasteiger partial charge in [0, 0.05) is 60.4 Å². The lowest BCUT2D eigenvalue weighted by Gasteiger charge is -2.43. The van der Waals surface area contributed by atoms with Crippen LogP contribution in [0.25, 0.3) is 71.7 Å². The monoisotopic (exact) mass is 929 g/mol. The van der Waals surface area contributed by atoms with Crippen molar-refractivity contribution in [1.29, 1.82) is 0 Å². The second-order valence-electron chi connectivity index (χ2n) is 26.9. The van der Waals surface area contributed by atoms with Crippen molar-refractivity contribution in [3.05, 3.63) is 166 Å². The number of fused-ring (bicyclic) bond motifs is 13. The van der Waals surface area contributed by atoms with Crippen molar-refractivity contribution in [1.82, 2.24) is 4.48 Å². The molecule has 0 bridgehead atoms. The molecule has 0 radical (unpaired) electrons. The van der Waals surface area contributed by atoms with E-state index in [-0.39, 0.29) is 39.3 Å². The normalized spacial score (nSPS) is 17.6. The molecule has 4 aliphatic rings. The van der Waals surface area contributed by atoms with Crippen molar-refractivity contribution in [2.45, 2.75) is 149 Å². The van der Waals surface area contributed by atoms with Gasteiger partial charge >= 0.3 is 6.85 Å². The van der Waals surface area contributed by atoms with Gasteiger partial charge in [-0.1, -0.05) is 171 Å². The Morgan fingerprint density at radius 3 is 1.80 bits per heavy atom. The summed E-state index contributed by atoms with van der Waals surface area (Å²) in [5.41, 5.74) is 25.4. The van der Waals surface area contributed by atoms with Crippen LogP contribution in [0.3, 0.4) is 0 Å². The topological polar surface area (TPSA) is 21.3 Å². The number of rotatable bonds is 2. The molecule has 3 nitrogen and oxygen atoms in total. The highest BCUT2D eigenvalue weighted by Crippen LogP contribution is 2.61. The zero-order valence-electron chi connectivity index (χ0n) is 44.8. The maximum atomic E-state index is 7.43. The molecule has 7 aromatic carbocycles. The van der Waals surface area contributed by atoms with Crippen molar-refractivity contribution >= 4 is 73.1 Å². The Morgan fingerprint density at radius 2 is 1.11 bits per heavy atom. The first kappa shape index (κ1) is 44.7. The summed E-state index contributed by atoms with van der Waals surface area (Å²) in [7, 11) is 0. The smallest absolute Gasteiger partial charge is 0.329 e. The lowest BCUT2D eigenvalue weighted by molar-refractivity contribution is 0.331. The molecule has 0 atom stereocenters. The van der Waals surface area contributed by atoms with Crippen LogP contribution < -0.4 is 10.4 Å². The molecule has 0 saturated heterocycles. The minimum atomic E-state index is -0.354. The first-order valence-electron chi connectivity index (χ1n) is 26.4. The Labute approximate surface area is 422 Å². The van der Waals surface area contributed by atoms with Gasteiger partial charge in [0.1, 0.15) is 5.58 Å². The highest BCUT2D eigenvalue weighted by atomic mass is 16.3. The van der Waals surface area contributed by atoms with E-state index >= 15 is 0 Å². The largest absolute Gasteiger partial charge is 0.454 e. The van der Waals surface area contributed by atoms with Crippen LogP contribution in [0.4, 0.5) is 11.4 Å². The molecule has 9 aromatic rings. The second-order valence-corrected chi connectivity index (χ2v) is 26.9. The number of anilines is 2. The molecule has 0 spiro atoms. The summed E-state index contributed by atoms with van der Waals surface area (Å²) in [5.74, 6) is 0. The average molecular weight is 929 g/mol. The number of para-hydroxylation sites is 1. The number of benzene rings is 7. The molecule has 356 valence electrons. The molecule has 2 aliphatic carbocycles. The first-order chi connectivity index (χ1) is 33.4. The van der Waals surface area contributed by atoms with E-state index in [9.17, 15) is 0 Å². The van der Waals surface area contributed by atoms with E-state index in [1.807, 2.05) is 0 Å². The van der Waals surface area contributed by atoms with Crippen molar-refractivity contribution in [2.75, 3.05) is 4.90 Å². The third-order valence-corrected chi connectivity index (χ3v) is 17.9. The summed E-state index contributed by atoms with van der Waals surface area (Å²) in [6.07, 6.45) is 2.33. The fourth-order valence-corrected chi connectivity index (χ4v) is 13.6. The van der Waals surface area contributed by atoms with E-state index in [1.54, 1.807) is 0 Å². The summed E-state index contributed by atoms with van der Waals surface area (Å²) in [6.45, 7) is 36.1. The maximum Gasteiger partial charge on any atom is 0.329 e.